The molecule has 21 heavy (non-hydrogen) atoms. The van der Waals surface area contributed by atoms with Crippen molar-refractivity contribution in [2.75, 3.05) is 5.32 Å². The van der Waals surface area contributed by atoms with E-state index in [4.69, 9.17) is 5.26 Å². The number of aromatic nitrogens is 1. The van der Waals surface area contributed by atoms with Crippen LogP contribution >= 0.6 is 0 Å². The Bertz CT molecular complexity index is 727. The van der Waals surface area contributed by atoms with Crippen molar-refractivity contribution in [3.63, 3.8) is 0 Å². The summed E-state index contributed by atoms with van der Waals surface area (Å²) >= 11 is 0. The lowest BCUT2D eigenvalue weighted by atomic mass is 10.1. The number of rotatable bonds is 3. The molecule has 104 valence electrons. The molecule has 0 saturated heterocycles. The molecular weight excluding hydrogens is 262 g/mol. The highest BCUT2D eigenvalue weighted by molar-refractivity contribution is 6.09. The zero-order valence-electron chi connectivity index (χ0n) is 11.9. The molecule has 1 heterocycles. The average molecular weight is 277 g/mol. The Labute approximate surface area is 123 Å². The third kappa shape index (κ3) is 3.77. The molecule has 0 atom stereocenters. The Balaban J connectivity index is 2.22. The van der Waals surface area contributed by atoms with Crippen LogP contribution in [0.1, 0.15) is 16.7 Å². The third-order valence-electron chi connectivity index (χ3n) is 3.01. The molecular formula is C17H15N3O. The summed E-state index contributed by atoms with van der Waals surface area (Å²) in [5, 5.41) is 11.9. The van der Waals surface area contributed by atoms with Crippen molar-refractivity contribution in [1.29, 1.82) is 5.26 Å². The zero-order valence-corrected chi connectivity index (χ0v) is 11.9. The fourth-order valence-electron chi connectivity index (χ4n) is 1.92. The van der Waals surface area contributed by atoms with Crippen LogP contribution in [0, 0.1) is 25.2 Å². The Hall–Kier alpha value is -2.93. The van der Waals surface area contributed by atoms with Crippen LogP contribution in [0.15, 0.2) is 48.3 Å². The number of nitrogens with zero attached hydrogens (tertiary/aromatic N) is 2. The Morgan fingerprint density at radius 1 is 1.24 bits per heavy atom. The summed E-state index contributed by atoms with van der Waals surface area (Å²) < 4.78 is 0. The number of carbonyl (C=O) groups is 1. The van der Waals surface area contributed by atoms with E-state index in [0.29, 0.717) is 5.69 Å². The van der Waals surface area contributed by atoms with Crippen molar-refractivity contribution in [1.82, 2.24) is 4.98 Å². The summed E-state index contributed by atoms with van der Waals surface area (Å²) in [5.74, 6) is -0.415. The van der Waals surface area contributed by atoms with E-state index in [1.54, 1.807) is 30.6 Å². The van der Waals surface area contributed by atoms with Gasteiger partial charge in [-0.2, -0.15) is 5.26 Å². The van der Waals surface area contributed by atoms with Crippen molar-refractivity contribution < 1.29 is 4.79 Å². The van der Waals surface area contributed by atoms with Gasteiger partial charge in [-0.25, -0.2) is 0 Å². The first-order valence-corrected chi connectivity index (χ1v) is 6.50. The molecule has 0 radical (unpaired) electrons. The number of amides is 1. The molecule has 1 aromatic heterocycles. The van der Waals surface area contributed by atoms with Crippen molar-refractivity contribution in [2.24, 2.45) is 0 Å². The average Bonchev–Trinajstić information content (AvgIpc) is 2.48. The number of carbonyl (C=O) groups excluding carboxylic acids is 1. The molecule has 0 aliphatic rings. The topological polar surface area (TPSA) is 65.8 Å². The molecule has 4 heteroatoms. The van der Waals surface area contributed by atoms with Gasteiger partial charge in [0.1, 0.15) is 11.6 Å². The summed E-state index contributed by atoms with van der Waals surface area (Å²) in [4.78, 5) is 16.1. The molecule has 2 aromatic rings. The van der Waals surface area contributed by atoms with Gasteiger partial charge in [0.15, 0.2) is 0 Å². The Kier molecular flexibility index (Phi) is 4.47. The van der Waals surface area contributed by atoms with Gasteiger partial charge in [0, 0.05) is 18.1 Å². The van der Waals surface area contributed by atoms with Crippen LogP contribution in [0.4, 0.5) is 5.69 Å². The first-order valence-electron chi connectivity index (χ1n) is 6.50. The summed E-state index contributed by atoms with van der Waals surface area (Å²) in [6, 6.07) is 11.1. The molecule has 0 spiro atoms. The predicted octanol–water partition coefficient (Wildman–Crippen LogP) is 3.24. The first-order chi connectivity index (χ1) is 10.1. The highest BCUT2D eigenvalue weighted by atomic mass is 16.1. The van der Waals surface area contributed by atoms with Crippen LogP contribution in [0.25, 0.3) is 6.08 Å². The lowest BCUT2D eigenvalue weighted by Gasteiger charge is -2.08. The van der Waals surface area contributed by atoms with Gasteiger partial charge < -0.3 is 5.32 Å². The molecule has 0 fully saturated rings. The van der Waals surface area contributed by atoms with Crippen LogP contribution in [0.5, 0.6) is 0 Å². The van der Waals surface area contributed by atoms with Crippen LogP contribution < -0.4 is 5.32 Å². The van der Waals surface area contributed by atoms with Gasteiger partial charge in [-0.1, -0.05) is 17.7 Å². The number of hydrogen-bond donors (Lipinski definition) is 1. The SMILES string of the molecule is Cc1ccc(NC(=O)/C(C#N)=C/c2ccncc2)c(C)c1. The maximum Gasteiger partial charge on any atom is 0.266 e. The number of nitrogens with one attached hydrogen (secondary N) is 1. The second-order valence-corrected chi connectivity index (χ2v) is 4.72. The van der Waals surface area contributed by atoms with E-state index in [2.05, 4.69) is 10.3 Å². The second-order valence-electron chi connectivity index (χ2n) is 4.72. The maximum absolute atomic E-state index is 12.2. The fraction of sp³-hybridized carbons (Fsp3) is 0.118. The van der Waals surface area contributed by atoms with E-state index in [0.717, 1.165) is 16.7 Å². The molecule has 0 saturated carbocycles. The number of hydrogen-bond acceptors (Lipinski definition) is 3. The van der Waals surface area contributed by atoms with Gasteiger partial charge in [0.25, 0.3) is 5.91 Å². The molecule has 1 amide bonds. The zero-order chi connectivity index (χ0) is 15.2. The van der Waals surface area contributed by atoms with E-state index < -0.39 is 5.91 Å². The predicted molar refractivity (Wildman–Crippen MR) is 82.4 cm³/mol. The largest absolute Gasteiger partial charge is 0.321 e. The van der Waals surface area contributed by atoms with Crippen molar-refractivity contribution in [2.45, 2.75) is 13.8 Å². The van der Waals surface area contributed by atoms with Gasteiger partial charge in [-0.05, 0) is 49.2 Å². The van der Waals surface area contributed by atoms with Gasteiger partial charge >= 0.3 is 0 Å². The van der Waals surface area contributed by atoms with E-state index >= 15 is 0 Å². The van der Waals surface area contributed by atoms with Crippen molar-refractivity contribution >= 4 is 17.7 Å². The van der Waals surface area contributed by atoms with Gasteiger partial charge in [-0.3, -0.25) is 9.78 Å². The highest BCUT2D eigenvalue weighted by Crippen LogP contribution is 2.17. The third-order valence-corrected chi connectivity index (χ3v) is 3.01. The lowest BCUT2D eigenvalue weighted by Crippen LogP contribution is -2.14. The van der Waals surface area contributed by atoms with Crippen LogP contribution in [-0.2, 0) is 4.79 Å². The quantitative estimate of drug-likeness (QED) is 0.691. The molecule has 2 rings (SSSR count). The number of benzene rings is 1. The molecule has 0 aliphatic carbocycles. The van der Waals surface area contributed by atoms with Gasteiger partial charge in [0.05, 0.1) is 0 Å². The summed E-state index contributed by atoms with van der Waals surface area (Å²) in [6.07, 6.45) is 4.77. The number of aryl methyl sites for hydroxylation is 2. The first kappa shape index (κ1) is 14.5. The molecule has 1 aromatic carbocycles. The summed E-state index contributed by atoms with van der Waals surface area (Å²) in [5.41, 5.74) is 3.61. The van der Waals surface area contributed by atoms with Gasteiger partial charge in [-0.15, -0.1) is 0 Å². The smallest absolute Gasteiger partial charge is 0.266 e. The van der Waals surface area contributed by atoms with E-state index in [9.17, 15) is 4.79 Å². The minimum absolute atomic E-state index is 0.0566. The second kappa shape index (κ2) is 6.49. The summed E-state index contributed by atoms with van der Waals surface area (Å²) in [7, 11) is 0. The normalized spacial score (nSPS) is 10.8. The van der Waals surface area contributed by atoms with Gasteiger partial charge in [0.2, 0.25) is 0 Å². The van der Waals surface area contributed by atoms with E-state index in [1.165, 1.54) is 0 Å². The Morgan fingerprint density at radius 2 is 1.95 bits per heavy atom. The summed E-state index contributed by atoms with van der Waals surface area (Å²) in [6.45, 7) is 3.91. The standard InChI is InChI=1S/C17H15N3O/c1-12-3-4-16(13(2)9-12)20-17(21)15(11-18)10-14-5-7-19-8-6-14/h3-10H,1-2H3,(H,20,21)/b15-10+. The fourth-order valence-corrected chi connectivity index (χ4v) is 1.92. The van der Waals surface area contributed by atoms with E-state index in [-0.39, 0.29) is 5.57 Å². The van der Waals surface area contributed by atoms with Crippen LogP contribution in [0.3, 0.4) is 0 Å². The number of anilines is 1. The van der Waals surface area contributed by atoms with Crippen LogP contribution in [-0.4, -0.2) is 10.9 Å². The number of nitriles is 1. The maximum atomic E-state index is 12.2. The minimum atomic E-state index is -0.415. The molecule has 0 aliphatic heterocycles. The minimum Gasteiger partial charge on any atom is -0.321 e. The van der Waals surface area contributed by atoms with Crippen molar-refractivity contribution in [3.05, 3.63) is 65.0 Å². The molecule has 0 bridgehead atoms. The monoisotopic (exact) mass is 277 g/mol. The Morgan fingerprint density at radius 3 is 2.57 bits per heavy atom. The molecule has 4 nitrogen and oxygen atoms in total. The molecule has 1 N–H and O–H groups in total. The molecule has 0 unspecified atom stereocenters. The van der Waals surface area contributed by atoms with Crippen LogP contribution in [0.2, 0.25) is 0 Å². The highest BCUT2D eigenvalue weighted by Gasteiger charge is 2.10. The van der Waals surface area contributed by atoms with Crippen molar-refractivity contribution in [3.8, 4) is 6.07 Å². The lowest BCUT2D eigenvalue weighted by molar-refractivity contribution is -0.112. The number of pyridine rings is 1. The van der Waals surface area contributed by atoms with E-state index in [1.807, 2.05) is 38.1 Å².